The number of carbonyl (C=O) groups is 2. The van der Waals surface area contributed by atoms with Crippen LogP contribution in [0.4, 0.5) is 11.4 Å². The lowest BCUT2D eigenvalue weighted by Crippen LogP contribution is -2.05. The number of rotatable bonds is 5. The van der Waals surface area contributed by atoms with Crippen molar-refractivity contribution in [3.8, 4) is 5.75 Å². The lowest BCUT2D eigenvalue weighted by molar-refractivity contribution is -0.132. The molecule has 7 heteroatoms. The Hall–Kier alpha value is -2.96. The van der Waals surface area contributed by atoms with Gasteiger partial charge in [0.15, 0.2) is 5.75 Å². The van der Waals surface area contributed by atoms with Crippen molar-refractivity contribution < 1.29 is 24.5 Å². The Morgan fingerprint density at radius 2 is 1.36 bits per heavy atom. The van der Waals surface area contributed by atoms with Gasteiger partial charge in [0, 0.05) is 23.3 Å². The molecule has 0 aromatic heterocycles. The van der Waals surface area contributed by atoms with Gasteiger partial charge in [-0.2, -0.15) is 0 Å². The van der Waals surface area contributed by atoms with Crippen molar-refractivity contribution >= 4 is 34.5 Å². The molecule has 22 heavy (non-hydrogen) atoms. The van der Waals surface area contributed by atoms with E-state index in [1.54, 1.807) is 19.9 Å². The highest BCUT2D eigenvalue weighted by Gasteiger charge is 2.17. The number of carboxylic acid groups (broad SMARTS) is 2. The van der Waals surface area contributed by atoms with Gasteiger partial charge in [0.05, 0.1) is 18.5 Å². The van der Waals surface area contributed by atoms with Crippen LogP contribution in [0.1, 0.15) is 25.0 Å². The van der Waals surface area contributed by atoms with E-state index in [0.717, 1.165) is 12.2 Å². The second-order valence-corrected chi connectivity index (χ2v) is 4.66. The lowest BCUT2D eigenvalue weighted by atomic mass is 9.95. The standard InChI is InChI=1S/C15H18N2O5/c1-7(4-11(18)19)9-6-10(8(2)5-12(20)21)14(17)15(22-3)13(9)16/h4-6H,16-17H2,1-3H3,(H,18,19)(H,20,21). The van der Waals surface area contributed by atoms with Crippen molar-refractivity contribution in [2.75, 3.05) is 18.6 Å². The predicted octanol–water partition coefficient (Wildman–Crippen LogP) is 1.84. The molecule has 0 aliphatic carbocycles. The third-order valence-corrected chi connectivity index (χ3v) is 3.09. The summed E-state index contributed by atoms with van der Waals surface area (Å²) in [7, 11) is 1.38. The van der Waals surface area contributed by atoms with Crippen molar-refractivity contribution in [2.45, 2.75) is 13.8 Å². The summed E-state index contributed by atoms with van der Waals surface area (Å²) >= 11 is 0. The molecule has 0 amide bonds. The van der Waals surface area contributed by atoms with Gasteiger partial charge in [-0.3, -0.25) is 0 Å². The molecule has 0 heterocycles. The van der Waals surface area contributed by atoms with Gasteiger partial charge in [-0.05, 0) is 31.1 Å². The fourth-order valence-electron chi connectivity index (χ4n) is 2.09. The Balaban J connectivity index is 3.68. The summed E-state index contributed by atoms with van der Waals surface area (Å²) in [6.07, 6.45) is 2.00. The summed E-state index contributed by atoms with van der Waals surface area (Å²) < 4.78 is 5.17. The molecular formula is C15H18N2O5. The monoisotopic (exact) mass is 306 g/mol. The Kier molecular flexibility index (Phi) is 5.18. The number of methoxy groups -OCH3 is 1. The summed E-state index contributed by atoms with van der Waals surface area (Å²) in [5.41, 5.74) is 14.0. The highest BCUT2D eigenvalue weighted by molar-refractivity contribution is 5.97. The molecule has 0 aliphatic heterocycles. The van der Waals surface area contributed by atoms with Gasteiger partial charge in [0.1, 0.15) is 0 Å². The van der Waals surface area contributed by atoms with E-state index in [0.29, 0.717) is 22.3 Å². The fourth-order valence-corrected chi connectivity index (χ4v) is 2.09. The van der Waals surface area contributed by atoms with Crippen LogP contribution in [0.3, 0.4) is 0 Å². The Morgan fingerprint density at radius 3 is 1.64 bits per heavy atom. The van der Waals surface area contributed by atoms with Gasteiger partial charge in [-0.15, -0.1) is 0 Å². The summed E-state index contributed by atoms with van der Waals surface area (Å²) in [6, 6.07) is 1.55. The minimum Gasteiger partial charge on any atom is -0.492 e. The maximum Gasteiger partial charge on any atom is 0.328 e. The van der Waals surface area contributed by atoms with E-state index >= 15 is 0 Å². The van der Waals surface area contributed by atoms with Crippen LogP contribution in [0.15, 0.2) is 18.2 Å². The molecule has 0 atom stereocenters. The van der Waals surface area contributed by atoms with Crippen molar-refractivity contribution in [3.05, 3.63) is 29.3 Å². The first-order valence-electron chi connectivity index (χ1n) is 6.28. The van der Waals surface area contributed by atoms with Gasteiger partial charge >= 0.3 is 11.9 Å². The number of allylic oxidation sites excluding steroid dienone is 2. The van der Waals surface area contributed by atoms with Crippen molar-refractivity contribution in [1.29, 1.82) is 0 Å². The van der Waals surface area contributed by atoms with Crippen LogP contribution >= 0.6 is 0 Å². The van der Waals surface area contributed by atoms with E-state index in [2.05, 4.69) is 0 Å². The largest absolute Gasteiger partial charge is 0.492 e. The average molecular weight is 306 g/mol. The lowest BCUT2D eigenvalue weighted by Gasteiger charge is -2.17. The number of anilines is 2. The van der Waals surface area contributed by atoms with Gasteiger partial charge in [-0.25, -0.2) is 9.59 Å². The zero-order valence-electron chi connectivity index (χ0n) is 12.5. The number of hydrogen-bond donors (Lipinski definition) is 4. The van der Waals surface area contributed by atoms with E-state index in [4.69, 9.17) is 26.4 Å². The first-order valence-corrected chi connectivity index (χ1v) is 6.28. The molecule has 0 radical (unpaired) electrons. The number of benzene rings is 1. The molecule has 0 aliphatic rings. The molecule has 0 spiro atoms. The normalized spacial score (nSPS) is 12.1. The Morgan fingerprint density at radius 1 is 1.00 bits per heavy atom. The number of carboxylic acids is 2. The molecule has 0 bridgehead atoms. The summed E-state index contributed by atoms with van der Waals surface area (Å²) in [5.74, 6) is -2.05. The van der Waals surface area contributed by atoms with Crippen LogP contribution in [0.2, 0.25) is 0 Å². The minimum atomic E-state index is -1.12. The third kappa shape index (κ3) is 3.57. The fraction of sp³-hybridized carbons (Fsp3) is 0.200. The molecule has 1 aromatic carbocycles. The Labute approximate surface area is 127 Å². The van der Waals surface area contributed by atoms with Crippen LogP contribution in [0, 0.1) is 0 Å². The second kappa shape index (κ2) is 6.66. The zero-order chi connectivity index (χ0) is 17.0. The van der Waals surface area contributed by atoms with E-state index < -0.39 is 11.9 Å². The molecule has 0 unspecified atom stereocenters. The minimum absolute atomic E-state index is 0.184. The molecular weight excluding hydrogens is 288 g/mol. The van der Waals surface area contributed by atoms with Crippen LogP contribution in [-0.4, -0.2) is 29.3 Å². The second-order valence-electron chi connectivity index (χ2n) is 4.66. The van der Waals surface area contributed by atoms with Gasteiger partial charge in [0.2, 0.25) is 0 Å². The van der Waals surface area contributed by atoms with Crippen LogP contribution < -0.4 is 16.2 Å². The molecule has 0 saturated carbocycles. The summed E-state index contributed by atoms with van der Waals surface area (Å²) in [6.45, 7) is 3.16. The average Bonchev–Trinajstić information content (AvgIpc) is 2.37. The first kappa shape index (κ1) is 17.1. The third-order valence-electron chi connectivity index (χ3n) is 3.09. The highest BCUT2D eigenvalue weighted by atomic mass is 16.5. The van der Waals surface area contributed by atoms with Crippen molar-refractivity contribution in [3.63, 3.8) is 0 Å². The van der Waals surface area contributed by atoms with E-state index in [1.807, 2.05) is 0 Å². The van der Waals surface area contributed by atoms with E-state index in [9.17, 15) is 9.59 Å². The van der Waals surface area contributed by atoms with Crippen molar-refractivity contribution in [2.24, 2.45) is 0 Å². The van der Waals surface area contributed by atoms with Crippen LogP contribution in [-0.2, 0) is 9.59 Å². The topological polar surface area (TPSA) is 136 Å². The number of ether oxygens (including phenoxy) is 1. The smallest absolute Gasteiger partial charge is 0.328 e. The van der Waals surface area contributed by atoms with Crippen LogP contribution in [0.25, 0.3) is 11.1 Å². The van der Waals surface area contributed by atoms with Gasteiger partial charge in [0.25, 0.3) is 0 Å². The van der Waals surface area contributed by atoms with E-state index in [-0.39, 0.29) is 17.1 Å². The van der Waals surface area contributed by atoms with Gasteiger partial charge < -0.3 is 26.4 Å². The number of nitrogens with two attached hydrogens (primary N) is 2. The number of nitrogen functional groups attached to an aromatic ring is 2. The Bertz CT molecular complexity index is 635. The summed E-state index contributed by atoms with van der Waals surface area (Å²) in [4.78, 5) is 21.6. The van der Waals surface area contributed by atoms with Gasteiger partial charge in [-0.1, -0.05) is 0 Å². The van der Waals surface area contributed by atoms with Crippen molar-refractivity contribution in [1.82, 2.24) is 0 Å². The maximum absolute atomic E-state index is 10.8. The summed E-state index contributed by atoms with van der Waals surface area (Å²) in [5, 5.41) is 17.7. The van der Waals surface area contributed by atoms with E-state index in [1.165, 1.54) is 7.11 Å². The maximum atomic E-state index is 10.8. The molecule has 6 N–H and O–H groups in total. The molecule has 1 rings (SSSR count). The molecule has 1 aromatic rings. The van der Waals surface area contributed by atoms with Crippen LogP contribution in [0.5, 0.6) is 5.75 Å². The zero-order valence-corrected chi connectivity index (χ0v) is 12.5. The number of hydrogen-bond acceptors (Lipinski definition) is 5. The molecule has 0 saturated heterocycles. The molecule has 7 nitrogen and oxygen atoms in total. The predicted molar refractivity (Wildman–Crippen MR) is 84.4 cm³/mol. The quantitative estimate of drug-likeness (QED) is 0.481. The number of aliphatic carboxylic acids is 2. The molecule has 0 fully saturated rings. The molecule has 118 valence electrons. The highest BCUT2D eigenvalue weighted by Crippen LogP contribution is 2.40. The first-order chi connectivity index (χ1) is 10.2. The SMILES string of the molecule is COc1c(N)c(C(C)=CC(=O)O)cc(C(C)=CC(=O)O)c1N.